The molecule has 0 spiro atoms. The molecule has 0 aliphatic carbocycles. The third-order valence-corrected chi connectivity index (χ3v) is 4.16. The first kappa shape index (κ1) is 24.2. The summed E-state index contributed by atoms with van der Waals surface area (Å²) in [5.74, 6) is 0.00643. The second-order valence-corrected chi connectivity index (χ2v) is 5.67. The normalized spacial score (nSPS) is 11.0. The molecule has 0 aliphatic heterocycles. The molecule has 0 bridgehead atoms. The number of hydrogen-bond acceptors (Lipinski definition) is 3. The predicted octanol–water partition coefficient (Wildman–Crippen LogP) is 4.14. The molecule has 4 nitrogen and oxygen atoms in total. The van der Waals surface area contributed by atoms with Crippen molar-refractivity contribution >= 4 is 36.4 Å². The van der Waals surface area contributed by atoms with Crippen LogP contribution in [0.15, 0.2) is 60.7 Å². The van der Waals surface area contributed by atoms with Crippen molar-refractivity contribution in [3.05, 3.63) is 66.2 Å². The van der Waals surface area contributed by atoms with Gasteiger partial charge in [0.1, 0.15) is 0 Å². The summed E-state index contributed by atoms with van der Waals surface area (Å²) in [4.78, 5) is 14.5. The number of nitrogens with zero attached hydrogens (tertiary/aromatic N) is 1. The topological polar surface area (TPSA) is 44.4 Å². The summed E-state index contributed by atoms with van der Waals surface area (Å²) < 4.78 is 0. The minimum Gasteiger partial charge on any atom is -0.376 e. The van der Waals surface area contributed by atoms with E-state index in [1.54, 1.807) is 0 Å². The zero-order valence-electron chi connectivity index (χ0n) is 15.4. The summed E-state index contributed by atoms with van der Waals surface area (Å²) in [7, 11) is 0. The van der Waals surface area contributed by atoms with Crippen molar-refractivity contribution in [1.82, 2.24) is 10.2 Å². The Kier molecular flexibility index (Phi) is 12.5. The first-order valence-electron chi connectivity index (χ1n) is 8.59. The molecule has 26 heavy (non-hydrogen) atoms. The van der Waals surface area contributed by atoms with E-state index in [4.69, 9.17) is 0 Å². The number of carbonyl (C=O) groups excluding carboxylic acids is 1. The molecule has 1 atom stereocenters. The Morgan fingerprint density at radius 1 is 0.923 bits per heavy atom. The molecule has 0 saturated carbocycles. The first-order chi connectivity index (χ1) is 11.7. The molecule has 0 heterocycles. The Hall–Kier alpha value is -1.75. The minimum absolute atomic E-state index is 0. The first-order valence-corrected chi connectivity index (χ1v) is 8.59. The van der Waals surface area contributed by atoms with E-state index < -0.39 is 0 Å². The molecule has 2 aromatic rings. The van der Waals surface area contributed by atoms with Gasteiger partial charge in [-0.15, -0.1) is 24.8 Å². The number of nitrogens with one attached hydrogen (secondary N) is 2. The van der Waals surface area contributed by atoms with Crippen LogP contribution in [0.2, 0.25) is 0 Å². The maximum atomic E-state index is 12.2. The Morgan fingerprint density at radius 3 is 2.00 bits per heavy atom. The van der Waals surface area contributed by atoms with Crippen molar-refractivity contribution in [3.63, 3.8) is 0 Å². The van der Waals surface area contributed by atoms with Gasteiger partial charge in [0.15, 0.2) is 0 Å². The SMILES string of the molecule is CCN(CC)C(CNC(=O)CNc1ccccc1)c1ccccc1.Cl.Cl. The van der Waals surface area contributed by atoms with E-state index in [1.807, 2.05) is 48.5 Å². The number of amides is 1. The molecule has 0 aromatic heterocycles. The highest BCUT2D eigenvalue weighted by Gasteiger charge is 2.18. The third kappa shape index (κ3) is 7.65. The van der Waals surface area contributed by atoms with Crippen LogP contribution in [0.3, 0.4) is 0 Å². The molecular weight excluding hydrogens is 369 g/mol. The quantitative estimate of drug-likeness (QED) is 0.667. The van der Waals surface area contributed by atoms with E-state index in [9.17, 15) is 4.79 Å². The lowest BCUT2D eigenvalue weighted by atomic mass is 10.1. The second-order valence-electron chi connectivity index (χ2n) is 5.67. The summed E-state index contributed by atoms with van der Waals surface area (Å²) in [5.41, 5.74) is 2.19. The third-order valence-electron chi connectivity index (χ3n) is 4.16. The predicted molar refractivity (Wildman–Crippen MR) is 115 cm³/mol. The molecular formula is C20H29Cl2N3O. The van der Waals surface area contributed by atoms with Crippen LogP contribution in [-0.2, 0) is 4.79 Å². The monoisotopic (exact) mass is 397 g/mol. The zero-order chi connectivity index (χ0) is 17.2. The van der Waals surface area contributed by atoms with E-state index in [0.29, 0.717) is 6.54 Å². The van der Waals surface area contributed by atoms with Crippen molar-refractivity contribution in [1.29, 1.82) is 0 Å². The number of likely N-dealkylation sites (N-methyl/N-ethyl adjacent to an activating group) is 1. The maximum Gasteiger partial charge on any atom is 0.239 e. The molecule has 0 aliphatic rings. The summed E-state index contributed by atoms with van der Waals surface area (Å²) in [5, 5.41) is 6.20. The average molecular weight is 398 g/mol. The van der Waals surface area contributed by atoms with Crippen molar-refractivity contribution in [2.45, 2.75) is 19.9 Å². The molecule has 2 rings (SSSR count). The largest absolute Gasteiger partial charge is 0.376 e. The van der Waals surface area contributed by atoms with Gasteiger partial charge in [0.25, 0.3) is 0 Å². The van der Waals surface area contributed by atoms with Gasteiger partial charge < -0.3 is 10.6 Å². The van der Waals surface area contributed by atoms with Crippen LogP contribution < -0.4 is 10.6 Å². The lowest BCUT2D eigenvalue weighted by Gasteiger charge is -2.30. The molecule has 2 aromatic carbocycles. The molecule has 0 radical (unpaired) electrons. The van der Waals surface area contributed by atoms with Crippen molar-refractivity contribution in [2.75, 3.05) is 31.5 Å². The standard InChI is InChI=1S/C20H27N3O.2ClH/c1-3-23(4-2)19(17-11-7-5-8-12-17)15-22-20(24)16-21-18-13-9-6-10-14-18;;/h5-14,19,21H,3-4,15-16H2,1-2H3,(H,22,24);2*1H. The van der Waals surface area contributed by atoms with Crippen LogP contribution in [0.1, 0.15) is 25.5 Å². The van der Waals surface area contributed by atoms with Crippen molar-refractivity contribution in [2.24, 2.45) is 0 Å². The van der Waals surface area contributed by atoms with E-state index in [1.165, 1.54) is 5.56 Å². The highest BCUT2D eigenvalue weighted by molar-refractivity contribution is 5.85. The van der Waals surface area contributed by atoms with Gasteiger partial charge in [-0.2, -0.15) is 0 Å². The number of para-hydroxylation sites is 1. The van der Waals surface area contributed by atoms with Crippen molar-refractivity contribution < 1.29 is 4.79 Å². The van der Waals surface area contributed by atoms with Gasteiger partial charge in [-0.3, -0.25) is 9.69 Å². The average Bonchev–Trinajstić information content (AvgIpc) is 2.65. The van der Waals surface area contributed by atoms with E-state index in [-0.39, 0.29) is 43.3 Å². The number of hydrogen-bond donors (Lipinski definition) is 2. The second kappa shape index (κ2) is 13.5. The van der Waals surface area contributed by atoms with Gasteiger partial charge in [-0.05, 0) is 30.8 Å². The number of carbonyl (C=O) groups is 1. The van der Waals surface area contributed by atoms with Crippen LogP contribution in [0, 0.1) is 0 Å². The van der Waals surface area contributed by atoms with E-state index >= 15 is 0 Å². The Morgan fingerprint density at radius 2 is 1.46 bits per heavy atom. The Labute approximate surface area is 169 Å². The van der Waals surface area contributed by atoms with Gasteiger partial charge >= 0.3 is 0 Å². The van der Waals surface area contributed by atoms with Crippen LogP contribution in [0.5, 0.6) is 0 Å². The zero-order valence-corrected chi connectivity index (χ0v) is 17.0. The Balaban J connectivity index is 0.00000312. The molecule has 0 saturated heterocycles. The van der Waals surface area contributed by atoms with Gasteiger partial charge in [0.05, 0.1) is 12.6 Å². The van der Waals surface area contributed by atoms with Gasteiger partial charge in [-0.25, -0.2) is 0 Å². The van der Waals surface area contributed by atoms with Crippen molar-refractivity contribution in [3.8, 4) is 0 Å². The number of rotatable bonds is 9. The van der Waals surface area contributed by atoms with Crippen LogP contribution in [0.4, 0.5) is 5.69 Å². The summed E-state index contributed by atoms with van der Waals surface area (Å²) in [6, 6.07) is 20.3. The fraction of sp³-hybridized carbons (Fsp3) is 0.350. The maximum absolute atomic E-state index is 12.2. The van der Waals surface area contributed by atoms with Crippen LogP contribution >= 0.6 is 24.8 Å². The van der Waals surface area contributed by atoms with Crippen LogP contribution in [-0.4, -0.2) is 37.0 Å². The number of anilines is 1. The number of benzene rings is 2. The molecule has 1 unspecified atom stereocenters. The van der Waals surface area contributed by atoms with Crippen LogP contribution in [0.25, 0.3) is 0 Å². The van der Waals surface area contributed by atoms with Gasteiger partial charge in [0, 0.05) is 12.2 Å². The van der Waals surface area contributed by atoms with Gasteiger partial charge in [0.2, 0.25) is 5.91 Å². The molecule has 144 valence electrons. The highest BCUT2D eigenvalue weighted by Crippen LogP contribution is 2.19. The molecule has 1 amide bonds. The minimum atomic E-state index is 0. The fourth-order valence-electron chi connectivity index (χ4n) is 2.81. The summed E-state index contributed by atoms with van der Waals surface area (Å²) in [6.45, 7) is 7.10. The Bertz CT molecular complexity index is 607. The lowest BCUT2D eigenvalue weighted by molar-refractivity contribution is -0.119. The smallest absolute Gasteiger partial charge is 0.239 e. The lowest BCUT2D eigenvalue weighted by Crippen LogP contribution is -2.39. The molecule has 0 fully saturated rings. The van der Waals surface area contributed by atoms with Gasteiger partial charge in [-0.1, -0.05) is 62.4 Å². The fourth-order valence-corrected chi connectivity index (χ4v) is 2.81. The van der Waals surface area contributed by atoms with E-state index in [2.05, 4.69) is 41.5 Å². The highest BCUT2D eigenvalue weighted by atomic mass is 35.5. The molecule has 6 heteroatoms. The summed E-state index contributed by atoms with van der Waals surface area (Å²) in [6.07, 6.45) is 0. The number of halogens is 2. The molecule has 2 N–H and O–H groups in total. The van der Waals surface area contributed by atoms with E-state index in [0.717, 1.165) is 18.8 Å². The summed E-state index contributed by atoms with van der Waals surface area (Å²) >= 11 is 0.